The molecule has 0 aliphatic rings. The van der Waals surface area contributed by atoms with Gasteiger partial charge in [0.15, 0.2) is 0 Å². The van der Waals surface area contributed by atoms with Crippen LogP contribution in [-0.4, -0.2) is 13.4 Å². The molecule has 1 nitrogen and oxygen atoms in total. The molecule has 0 aromatic carbocycles. The molecule has 2 heteroatoms. The van der Waals surface area contributed by atoms with Gasteiger partial charge in [0.2, 0.25) is 0 Å². The van der Waals surface area contributed by atoms with Crippen LogP contribution < -0.4 is 0 Å². The van der Waals surface area contributed by atoms with Crippen molar-refractivity contribution < 1.29 is 4.39 Å². The van der Waals surface area contributed by atoms with Gasteiger partial charge in [-0.3, -0.25) is 9.38 Å². The van der Waals surface area contributed by atoms with E-state index in [1.807, 2.05) is 33.9 Å². The number of aliphatic imine (C=N–C) groups is 1. The van der Waals surface area contributed by atoms with Crippen molar-refractivity contribution in [2.75, 3.05) is 7.18 Å². The number of allylic oxidation sites excluding steroid dienone is 4. The number of hydrogen-bond donors (Lipinski definition) is 0. The molecule has 0 aromatic rings. The molecule has 0 heterocycles. The van der Waals surface area contributed by atoms with Crippen LogP contribution in [0, 0.1) is 5.92 Å². The van der Waals surface area contributed by atoms with Crippen molar-refractivity contribution in [1.82, 2.24) is 0 Å². The quantitative estimate of drug-likeness (QED) is 0.424. The number of rotatable bonds is 5. The third-order valence-corrected chi connectivity index (χ3v) is 2.50. The monoisotopic (exact) mass is 257 g/mol. The van der Waals surface area contributed by atoms with Gasteiger partial charge in [-0.25, -0.2) is 0 Å². The van der Waals surface area contributed by atoms with Crippen LogP contribution in [0.2, 0.25) is 0 Å². The van der Waals surface area contributed by atoms with Crippen molar-refractivity contribution in [3.8, 4) is 0 Å². The Bertz CT molecular complexity index is 235. The molecule has 0 spiro atoms. The summed E-state index contributed by atoms with van der Waals surface area (Å²) in [6.07, 6.45) is 8.64. The molecule has 18 heavy (non-hydrogen) atoms. The summed E-state index contributed by atoms with van der Waals surface area (Å²) in [6, 6.07) is 0. The van der Waals surface area contributed by atoms with E-state index >= 15 is 0 Å². The van der Waals surface area contributed by atoms with Gasteiger partial charge < -0.3 is 0 Å². The van der Waals surface area contributed by atoms with E-state index in [-0.39, 0.29) is 0 Å². The highest BCUT2D eigenvalue weighted by molar-refractivity contribution is 5.55. The van der Waals surface area contributed by atoms with E-state index in [0.29, 0.717) is 13.1 Å². The molecular weight excluding hydrogens is 225 g/mol. The summed E-state index contributed by atoms with van der Waals surface area (Å²) in [5.74, 6) is 0.682. The molecule has 108 valence electrons. The van der Waals surface area contributed by atoms with Crippen LogP contribution in [-0.2, 0) is 0 Å². The second kappa shape index (κ2) is 18.4. The fourth-order valence-electron chi connectivity index (χ4n) is 1.68. The van der Waals surface area contributed by atoms with Crippen LogP contribution in [0.3, 0.4) is 0 Å². The largest absolute Gasteiger partial charge is 0.266 e. The van der Waals surface area contributed by atoms with Crippen molar-refractivity contribution in [3.05, 3.63) is 23.4 Å². The molecular formula is C16H32FN. The van der Waals surface area contributed by atoms with Crippen LogP contribution in [0.4, 0.5) is 4.39 Å². The molecule has 0 aromatic heterocycles. The fraction of sp³-hybridized carbons (Fsp3) is 0.688. The second-order valence-electron chi connectivity index (χ2n) is 3.48. The van der Waals surface area contributed by atoms with Crippen molar-refractivity contribution in [2.24, 2.45) is 10.9 Å². The summed E-state index contributed by atoms with van der Waals surface area (Å²) in [5, 5.41) is 0. The zero-order valence-electron chi connectivity index (χ0n) is 13.5. The summed E-state index contributed by atoms with van der Waals surface area (Å²) in [5.41, 5.74) is 2.51. The Hall–Kier alpha value is -0.920. The van der Waals surface area contributed by atoms with Crippen LogP contribution >= 0.6 is 0 Å². The highest BCUT2D eigenvalue weighted by Gasteiger charge is 2.06. The van der Waals surface area contributed by atoms with Gasteiger partial charge in [0, 0.05) is 11.9 Å². The van der Waals surface area contributed by atoms with E-state index in [9.17, 15) is 4.39 Å². The summed E-state index contributed by atoms with van der Waals surface area (Å²) < 4.78 is 9.50. The Morgan fingerprint density at radius 1 is 1.11 bits per heavy atom. The molecule has 0 fully saturated rings. The smallest absolute Gasteiger partial charge is 0.0785 e. The van der Waals surface area contributed by atoms with Crippen molar-refractivity contribution in [2.45, 2.75) is 61.3 Å². The maximum absolute atomic E-state index is 9.50. The van der Waals surface area contributed by atoms with Crippen LogP contribution in [0.25, 0.3) is 0 Å². The van der Waals surface area contributed by atoms with E-state index < -0.39 is 0 Å². The predicted octanol–water partition coefficient (Wildman–Crippen LogP) is 5.98. The van der Waals surface area contributed by atoms with E-state index in [2.05, 4.69) is 37.9 Å². The zero-order valence-corrected chi connectivity index (χ0v) is 13.5. The molecule has 0 saturated heterocycles. The lowest BCUT2D eigenvalue weighted by atomic mass is 9.93. The topological polar surface area (TPSA) is 12.4 Å². The standard InChI is InChI=1S/C13H23N.C2H6.CH3F/c1-6-12(7-2)13(8-3)10-11(5)14-9-4;2*1-2/h8-10,12H,6-7H2,1-5H3;1-2H3;1H3/b11-10-,13-8+,14-9?;;. The maximum Gasteiger partial charge on any atom is 0.0785 e. The van der Waals surface area contributed by atoms with Gasteiger partial charge >= 0.3 is 0 Å². The van der Waals surface area contributed by atoms with E-state index in [0.717, 1.165) is 5.70 Å². The van der Waals surface area contributed by atoms with Crippen molar-refractivity contribution in [1.29, 1.82) is 0 Å². The minimum atomic E-state index is 0.500. The number of hydrogen-bond acceptors (Lipinski definition) is 1. The Labute approximate surface area is 114 Å². The zero-order chi connectivity index (χ0) is 15.0. The minimum Gasteiger partial charge on any atom is -0.266 e. The molecule has 0 saturated carbocycles. The van der Waals surface area contributed by atoms with Gasteiger partial charge in [-0.1, -0.05) is 33.8 Å². The van der Waals surface area contributed by atoms with Gasteiger partial charge in [0.1, 0.15) is 0 Å². The summed E-state index contributed by atoms with van der Waals surface area (Å²) in [4.78, 5) is 4.26. The average Bonchev–Trinajstić information content (AvgIpc) is 2.43. The van der Waals surface area contributed by atoms with Crippen molar-refractivity contribution >= 4 is 6.21 Å². The first-order chi connectivity index (χ1) is 8.69. The molecule has 0 unspecified atom stereocenters. The number of alkyl halides is 1. The Balaban J connectivity index is -0.000000506. The van der Waals surface area contributed by atoms with Gasteiger partial charge in [0.05, 0.1) is 7.18 Å². The first-order valence-electron chi connectivity index (χ1n) is 6.90. The van der Waals surface area contributed by atoms with Gasteiger partial charge in [-0.05, 0) is 51.2 Å². The lowest BCUT2D eigenvalue weighted by molar-refractivity contribution is 0.582. The molecule has 0 bridgehead atoms. The molecule has 0 aliphatic carbocycles. The first kappa shape index (κ1) is 22.3. The third-order valence-electron chi connectivity index (χ3n) is 2.50. The first-order valence-corrected chi connectivity index (χ1v) is 6.90. The molecule has 0 rings (SSSR count). The lowest BCUT2D eigenvalue weighted by Crippen LogP contribution is -1.99. The van der Waals surface area contributed by atoms with Crippen LogP contribution in [0.5, 0.6) is 0 Å². The normalized spacial score (nSPS) is 11.9. The summed E-state index contributed by atoms with van der Waals surface area (Å²) in [7, 11) is 0.500. The van der Waals surface area contributed by atoms with E-state index in [1.165, 1.54) is 18.4 Å². The molecule has 0 N–H and O–H groups in total. The van der Waals surface area contributed by atoms with E-state index in [4.69, 9.17) is 0 Å². The Kier molecular flexibility index (Phi) is 22.8. The minimum absolute atomic E-state index is 0.500. The average molecular weight is 257 g/mol. The van der Waals surface area contributed by atoms with E-state index in [1.54, 1.807) is 0 Å². The molecule has 0 radical (unpaired) electrons. The SMILES string of the molecule is CC.CC=N/C(C)=C\C(=C/C)C(CC)CC.CF. The summed E-state index contributed by atoms with van der Waals surface area (Å²) in [6.45, 7) is 14.6. The van der Waals surface area contributed by atoms with Crippen LogP contribution in [0.15, 0.2) is 28.4 Å². The maximum atomic E-state index is 9.50. The Morgan fingerprint density at radius 2 is 1.56 bits per heavy atom. The third kappa shape index (κ3) is 11.6. The van der Waals surface area contributed by atoms with Gasteiger partial charge in [-0.15, -0.1) is 0 Å². The lowest BCUT2D eigenvalue weighted by Gasteiger charge is -2.13. The fourth-order valence-corrected chi connectivity index (χ4v) is 1.68. The number of halogens is 1. The predicted molar refractivity (Wildman–Crippen MR) is 84.1 cm³/mol. The second-order valence-corrected chi connectivity index (χ2v) is 3.48. The number of nitrogens with zero attached hydrogens (tertiary/aromatic N) is 1. The summed E-state index contributed by atoms with van der Waals surface area (Å²) >= 11 is 0. The Morgan fingerprint density at radius 3 is 1.83 bits per heavy atom. The van der Waals surface area contributed by atoms with Gasteiger partial charge in [0.25, 0.3) is 0 Å². The highest BCUT2D eigenvalue weighted by Crippen LogP contribution is 2.21. The van der Waals surface area contributed by atoms with Gasteiger partial charge in [-0.2, -0.15) is 0 Å². The molecule has 0 aliphatic heterocycles. The highest BCUT2D eigenvalue weighted by atomic mass is 19.1. The molecule has 0 amide bonds. The van der Waals surface area contributed by atoms with Crippen molar-refractivity contribution in [3.63, 3.8) is 0 Å². The molecule has 0 atom stereocenters. The van der Waals surface area contributed by atoms with Crippen LogP contribution in [0.1, 0.15) is 61.3 Å².